The topological polar surface area (TPSA) is 98.1 Å². The second-order valence-electron chi connectivity index (χ2n) is 14.0. The number of aromatic nitrogens is 3. The molecule has 3 aromatic heterocycles. The second-order valence-corrected chi connectivity index (χ2v) is 14.0. The van der Waals surface area contributed by atoms with E-state index in [1.165, 1.54) is 34.2 Å². The zero-order chi connectivity index (χ0) is 31.5. The lowest BCUT2D eigenvalue weighted by molar-refractivity contribution is -0.142. The molecule has 6 heterocycles. The fourth-order valence-corrected chi connectivity index (χ4v) is 7.98. The minimum atomic E-state index is -1.10. The van der Waals surface area contributed by atoms with E-state index < -0.39 is 6.17 Å². The van der Waals surface area contributed by atoms with Gasteiger partial charge < -0.3 is 24.8 Å². The van der Waals surface area contributed by atoms with Crippen LogP contribution in [0.2, 0.25) is 0 Å². The fraction of sp³-hybridized carbons (Fsp3) is 0.528. The largest absolute Gasteiger partial charge is 0.368 e. The summed E-state index contributed by atoms with van der Waals surface area (Å²) in [6.07, 6.45) is 6.86. The summed E-state index contributed by atoms with van der Waals surface area (Å²) in [6.45, 7) is 5.68. The number of pyridine rings is 1. The van der Waals surface area contributed by atoms with Gasteiger partial charge in [0.1, 0.15) is 18.0 Å². The lowest BCUT2D eigenvalue weighted by Crippen LogP contribution is -2.50. The zero-order valence-corrected chi connectivity index (χ0v) is 26.5. The molecule has 9 nitrogen and oxygen atoms in total. The zero-order valence-electron chi connectivity index (χ0n) is 26.5. The van der Waals surface area contributed by atoms with E-state index in [2.05, 4.69) is 35.8 Å². The molecule has 0 bridgehead atoms. The summed E-state index contributed by atoms with van der Waals surface area (Å²) < 4.78 is 24.2. The molecule has 1 saturated carbocycles. The number of carbonyl (C=O) groups is 2. The third-order valence-corrected chi connectivity index (χ3v) is 10.6. The van der Waals surface area contributed by atoms with Gasteiger partial charge in [0.15, 0.2) is 0 Å². The van der Waals surface area contributed by atoms with Crippen LogP contribution in [0.4, 0.5) is 4.39 Å². The predicted octanol–water partition coefficient (Wildman–Crippen LogP) is 5.07. The molecule has 3 saturated heterocycles. The Balaban J connectivity index is 1.12. The van der Waals surface area contributed by atoms with Gasteiger partial charge in [-0.25, -0.2) is 8.91 Å². The van der Waals surface area contributed by atoms with Crippen molar-refractivity contribution >= 4 is 28.2 Å². The maximum absolute atomic E-state index is 14.2. The Morgan fingerprint density at radius 2 is 1.87 bits per heavy atom. The number of carbonyl (C=O) groups excluding carboxylic acids is 2. The molecular formula is C36H43FN6O3. The van der Waals surface area contributed by atoms with Crippen LogP contribution >= 0.6 is 0 Å². The van der Waals surface area contributed by atoms with Gasteiger partial charge in [0.2, 0.25) is 0 Å². The van der Waals surface area contributed by atoms with Crippen LogP contribution in [0.1, 0.15) is 72.3 Å². The summed E-state index contributed by atoms with van der Waals surface area (Å²) in [5.41, 5.74) is 13.1. The molecule has 3 atom stereocenters. The summed E-state index contributed by atoms with van der Waals surface area (Å²) >= 11 is 0. The smallest absolute Gasteiger partial charge is 0.255 e. The Morgan fingerprint density at radius 1 is 1.04 bits per heavy atom. The number of benzene rings is 1. The molecule has 4 aliphatic rings. The van der Waals surface area contributed by atoms with Gasteiger partial charge in [-0.2, -0.15) is 5.10 Å². The first kappa shape index (κ1) is 29.6. The number of rotatable bonds is 6. The highest BCUT2D eigenvalue weighted by Crippen LogP contribution is 2.41. The van der Waals surface area contributed by atoms with Gasteiger partial charge >= 0.3 is 0 Å². The number of piperidine rings is 2. The molecule has 3 aliphatic heterocycles. The summed E-state index contributed by atoms with van der Waals surface area (Å²) in [4.78, 5) is 29.9. The lowest BCUT2D eigenvalue weighted by atomic mass is 9.88. The number of hydrogen-bond acceptors (Lipinski definition) is 5. The van der Waals surface area contributed by atoms with Gasteiger partial charge in [0.05, 0.1) is 28.8 Å². The van der Waals surface area contributed by atoms with Crippen molar-refractivity contribution in [2.24, 2.45) is 11.7 Å². The van der Waals surface area contributed by atoms with E-state index in [1.807, 2.05) is 17.0 Å². The van der Waals surface area contributed by atoms with E-state index >= 15 is 0 Å². The molecule has 4 fully saturated rings. The Morgan fingerprint density at radius 3 is 2.61 bits per heavy atom. The number of nitrogens with two attached hydrogens (primary N) is 1. The molecule has 2 amide bonds. The van der Waals surface area contributed by atoms with E-state index in [9.17, 15) is 14.0 Å². The van der Waals surface area contributed by atoms with Crippen molar-refractivity contribution < 1.29 is 18.7 Å². The van der Waals surface area contributed by atoms with Crippen molar-refractivity contribution in [2.45, 2.75) is 82.6 Å². The second kappa shape index (κ2) is 11.8. The summed E-state index contributed by atoms with van der Waals surface area (Å²) in [6, 6.07) is 12.3. The van der Waals surface area contributed by atoms with Crippen molar-refractivity contribution in [3.8, 4) is 11.4 Å². The number of para-hydroxylation sites is 1. The maximum Gasteiger partial charge on any atom is 0.255 e. The molecule has 8 rings (SSSR count). The van der Waals surface area contributed by atoms with Gasteiger partial charge in [-0.1, -0.05) is 18.2 Å². The standard InChI is InChI=1S/C36H43FN6O3/c1-22-30-10-9-26(35(44)41-20-27(37)17-28(38)21-41)19-43(30)39-33(22)31-16-25-4-2-5-29(34(25)42(31)18-23-7-8-23)24-11-13-40(14-12-24)36(45)32-6-3-15-46-32/h2,4-5,9-10,16,19,23-24,27-28,32H,3,6-8,11-15,17-18,20-21,38H2,1H3/t27-,28-,32?/m1/s1. The summed E-state index contributed by atoms with van der Waals surface area (Å²) in [5.74, 6) is 0.975. The Bertz CT molecular complexity index is 1790. The van der Waals surface area contributed by atoms with Crippen LogP contribution < -0.4 is 5.73 Å². The number of likely N-dealkylation sites (tertiary alicyclic amines) is 2. The monoisotopic (exact) mass is 626 g/mol. The molecule has 242 valence electrons. The highest BCUT2D eigenvalue weighted by molar-refractivity contribution is 5.95. The van der Waals surface area contributed by atoms with E-state index in [-0.39, 0.29) is 36.9 Å². The summed E-state index contributed by atoms with van der Waals surface area (Å²) in [5, 5.41) is 6.27. The minimum absolute atomic E-state index is 0.0713. The van der Waals surface area contributed by atoms with E-state index in [0.29, 0.717) is 30.6 Å². The molecule has 10 heteroatoms. The third-order valence-electron chi connectivity index (χ3n) is 10.6. The normalized spacial score (nSPS) is 24.4. The van der Waals surface area contributed by atoms with Gasteiger partial charge in [-0.05, 0) is 87.5 Å². The molecule has 4 aromatic rings. The number of nitrogens with zero attached hydrogens (tertiary/aromatic N) is 5. The quantitative estimate of drug-likeness (QED) is 0.322. The average Bonchev–Trinajstić information content (AvgIpc) is 3.41. The Labute approximate surface area is 268 Å². The molecule has 0 spiro atoms. The number of halogens is 1. The van der Waals surface area contributed by atoms with E-state index in [0.717, 1.165) is 67.8 Å². The molecule has 1 aliphatic carbocycles. The highest BCUT2D eigenvalue weighted by atomic mass is 19.1. The van der Waals surface area contributed by atoms with Crippen molar-refractivity contribution in [3.05, 3.63) is 59.3 Å². The average molecular weight is 627 g/mol. The number of fused-ring (bicyclic) bond motifs is 2. The van der Waals surface area contributed by atoms with Crippen molar-refractivity contribution in [1.29, 1.82) is 0 Å². The van der Waals surface area contributed by atoms with Gasteiger partial charge in [-0.3, -0.25) is 9.59 Å². The molecular weight excluding hydrogens is 583 g/mol. The molecule has 1 aromatic carbocycles. The van der Waals surface area contributed by atoms with Crippen LogP contribution in [0.5, 0.6) is 0 Å². The van der Waals surface area contributed by atoms with Crippen LogP contribution in [0.15, 0.2) is 42.6 Å². The van der Waals surface area contributed by atoms with Crippen LogP contribution in [-0.2, 0) is 16.1 Å². The van der Waals surface area contributed by atoms with E-state index in [4.69, 9.17) is 15.6 Å². The van der Waals surface area contributed by atoms with Crippen LogP contribution in [-0.4, -0.2) is 86.9 Å². The van der Waals surface area contributed by atoms with Gasteiger partial charge in [0, 0.05) is 56.0 Å². The molecule has 1 unspecified atom stereocenters. The fourth-order valence-electron chi connectivity index (χ4n) is 7.98. The first-order valence-corrected chi connectivity index (χ1v) is 17.0. The first-order chi connectivity index (χ1) is 22.3. The van der Waals surface area contributed by atoms with Crippen molar-refractivity contribution in [3.63, 3.8) is 0 Å². The lowest BCUT2D eigenvalue weighted by Gasteiger charge is -2.34. The highest BCUT2D eigenvalue weighted by Gasteiger charge is 2.33. The number of amides is 2. The Kier molecular flexibility index (Phi) is 7.60. The molecule has 46 heavy (non-hydrogen) atoms. The van der Waals surface area contributed by atoms with Gasteiger partial charge in [0.25, 0.3) is 11.8 Å². The number of ether oxygens (including phenoxy) is 1. The molecule has 0 radical (unpaired) electrons. The predicted molar refractivity (Wildman–Crippen MR) is 175 cm³/mol. The van der Waals surface area contributed by atoms with E-state index in [1.54, 1.807) is 10.7 Å². The van der Waals surface area contributed by atoms with Crippen molar-refractivity contribution in [1.82, 2.24) is 24.0 Å². The number of alkyl halides is 1. The summed E-state index contributed by atoms with van der Waals surface area (Å²) in [7, 11) is 0. The Hall–Kier alpha value is -3.76. The SMILES string of the molecule is Cc1c(-c2cc3cccc(C4CCN(C(=O)C5CCCO5)CC4)c3n2CC2CC2)nn2cc(C(=O)N3C[C@H](N)C[C@@H](F)C3)ccc12. The van der Waals surface area contributed by atoms with Crippen molar-refractivity contribution in [2.75, 3.05) is 32.8 Å². The first-order valence-electron chi connectivity index (χ1n) is 17.0. The third kappa shape index (κ3) is 5.39. The number of aryl methyl sites for hydroxylation is 1. The maximum atomic E-state index is 14.2. The number of hydrogen-bond donors (Lipinski definition) is 1. The van der Waals surface area contributed by atoms with Crippen LogP contribution in [0.25, 0.3) is 27.8 Å². The molecule has 2 N–H and O–H groups in total. The minimum Gasteiger partial charge on any atom is -0.368 e. The van der Waals surface area contributed by atoms with Gasteiger partial charge in [-0.15, -0.1) is 0 Å². The van der Waals surface area contributed by atoms with Crippen LogP contribution in [0, 0.1) is 12.8 Å². The van der Waals surface area contributed by atoms with Crippen LogP contribution in [0.3, 0.4) is 0 Å².